The lowest BCUT2D eigenvalue weighted by Crippen LogP contribution is -2.44. The topological polar surface area (TPSA) is 115 Å². The maximum Gasteiger partial charge on any atom is 0.308 e. The average Bonchev–Trinajstić information content (AvgIpc) is 3.67. The summed E-state index contributed by atoms with van der Waals surface area (Å²) < 4.78 is 10.6. The van der Waals surface area contributed by atoms with Crippen LogP contribution in [0.5, 0.6) is 0 Å². The maximum absolute atomic E-state index is 13.4. The molecule has 10 heteroatoms. The molecule has 2 amide bonds. The molecule has 0 spiro atoms. The van der Waals surface area contributed by atoms with Crippen LogP contribution in [0.4, 0.5) is 0 Å². The zero-order valence-corrected chi connectivity index (χ0v) is 26.4. The first-order chi connectivity index (χ1) is 20.0. The molecule has 9 nitrogen and oxygen atoms in total. The predicted molar refractivity (Wildman–Crippen MR) is 162 cm³/mol. The van der Waals surface area contributed by atoms with E-state index in [1.54, 1.807) is 12.3 Å². The van der Waals surface area contributed by atoms with Gasteiger partial charge in [0.15, 0.2) is 6.10 Å². The van der Waals surface area contributed by atoms with E-state index >= 15 is 0 Å². The van der Waals surface area contributed by atoms with Gasteiger partial charge in [0.05, 0.1) is 13.0 Å². The molecule has 4 atom stereocenters. The number of aromatic nitrogens is 1. The predicted octanol–water partition coefficient (Wildman–Crippen LogP) is 5.35. The second-order valence-electron chi connectivity index (χ2n) is 11.7. The number of amides is 2. The smallest absolute Gasteiger partial charge is 0.308 e. The van der Waals surface area contributed by atoms with Crippen LogP contribution in [-0.2, 0) is 30.3 Å². The van der Waals surface area contributed by atoms with Crippen molar-refractivity contribution in [2.24, 2.45) is 17.8 Å². The number of carbonyl (C=O) groups excluding carboxylic acids is 4. The van der Waals surface area contributed by atoms with Gasteiger partial charge in [-0.3, -0.25) is 19.2 Å². The number of thiazole rings is 1. The number of methoxy groups -OCH3 is 1. The SMILES string of the molecule is COC(=O)[C@@H](C)C[C@H](Cc1ccccc1)NC(=O)c1csc([C@@H](CC(C(C)C)N(C)C(=O)C2CCCC2)OC(C)=O)n1. The van der Waals surface area contributed by atoms with Gasteiger partial charge in [-0.1, -0.05) is 63.9 Å². The number of nitrogens with zero attached hydrogens (tertiary/aromatic N) is 2. The molecular formula is C32H45N3O6S. The minimum Gasteiger partial charge on any atom is -0.469 e. The second kappa shape index (κ2) is 15.8. The van der Waals surface area contributed by atoms with Gasteiger partial charge in [0, 0.05) is 43.8 Å². The lowest BCUT2D eigenvalue weighted by Gasteiger charge is -2.35. The maximum atomic E-state index is 13.4. The van der Waals surface area contributed by atoms with E-state index in [0.717, 1.165) is 31.2 Å². The van der Waals surface area contributed by atoms with E-state index in [-0.39, 0.29) is 47.4 Å². The van der Waals surface area contributed by atoms with E-state index < -0.39 is 18.0 Å². The summed E-state index contributed by atoms with van der Waals surface area (Å²) >= 11 is 1.25. The fraction of sp³-hybridized carbons (Fsp3) is 0.594. The normalized spacial score (nSPS) is 16.4. The quantitative estimate of drug-likeness (QED) is 0.291. The molecule has 1 aliphatic rings. The first-order valence-electron chi connectivity index (χ1n) is 14.8. The van der Waals surface area contributed by atoms with Crippen LogP contribution >= 0.6 is 11.3 Å². The molecule has 3 rings (SSSR count). The third-order valence-corrected chi connectivity index (χ3v) is 8.95. The van der Waals surface area contributed by atoms with E-state index in [1.807, 2.05) is 42.3 Å². The fourth-order valence-electron chi connectivity index (χ4n) is 5.74. The Morgan fingerprint density at radius 1 is 1.07 bits per heavy atom. The van der Waals surface area contributed by atoms with Crippen LogP contribution in [0.2, 0.25) is 0 Å². The van der Waals surface area contributed by atoms with Gasteiger partial charge in [0.2, 0.25) is 5.91 Å². The van der Waals surface area contributed by atoms with Gasteiger partial charge in [-0.25, -0.2) is 4.98 Å². The van der Waals surface area contributed by atoms with Crippen molar-refractivity contribution in [1.82, 2.24) is 15.2 Å². The summed E-state index contributed by atoms with van der Waals surface area (Å²) in [6.45, 7) is 7.23. The Labute approximate surface area is 253 Å². The van der Waals surface area contributed by atoms with Gasteiger partial charge in [-0.05, 0) is 37.2 Å². The molecule has 1 saturated carbocycles. The van der Waals surface area contributed by atoms with Crippen LogP contribution in [0, 0.1) is 17.8 Å². The second-order valence-corrected chi connectivity index (χ2v) is 12.6. The molecular weight excluding hydrogens is 554 g/mol. The largest absolute Gasteiger partial charge is 0.469 e. The number of esters is 2. The van der Waals surface area contributed by atoms with Crippen molar-refractivity contribution in [2.45, 2.75) is 90.8 Å². The van der Waals surface area contributed by atoms with Gasteiger partial charge >= 0.3 is 11.9 Å². The average molecular weight is 600 g/mol. The summed E-state index contributed by atoms with van der Waals surface area (Å²) in [7, 11) is 3.19. The van der Waals surface area contributed by atoms with Gasteiger partial charge < -0.3 is 19.7 Å². The van der Waals surface area contributed by atoms with Crippen molar-refractivity contribution in [3.63, 3.8) is 0 Å². The third-order valence-electron chi connectivity index (χ3n) is 8.01. The van der Waals surface area contributed by atoms with Gasteiger partial charge in [0.1, 0.15) is 10.7 Å². The van der Waals surface area contributed by atoms with E-state index in [2.05, 4.69) is 24.1 Å². The number of nitrogens with one attached hydrogen (secondary N) is 1. The van der Waals surface area contributed by atoms with Gasteiger partial charge in [0.25, 0.3) is 5.91 Å². The first-order valence-corrected chi connectivity index (χ1v) is 15.7. The van der Waals surface area contributed by atoms with Crippen molar-refractivity contribution in [1.29, 1.82) is 0 Å². The van der Waals surface area contributed by atoms with Crippen molar-refractivity contribution in [3.8, 4) is 0 Å². The molecule has 2 aromatic rings. The lowest BCUT2D eigenvalue weighted by molar-refractivity contribution is -0.149. The molecule has 0 aliphatic heterocycles. The molecule has 1 unspecified atom stereocenters. The number of hydrogen-bond acceptors (Lipinski definition) is 8. The van der Waals surface area contributed by atoms with E-state index in [0.29, 0.717) is 24.3 Å². The van der Waals surface area contributed by atoms with Crippen LogP contribution in [0.15, 0.2) is 35.7 Å². The Hall–Kier alpha value is -3.27. The highest BCUT2D eigenvalue weighted by Gasteiger charge is 2.34. The molecule has 0 saturated heterocycles. The van der Waals surface area contributed by atoms with Crippen LogP contribution < -0.4 is 5.32 Å². The Morgan fingerprint density at radius 3 is 2.33 bits per heavy atom. The molecule has 42 heavy (non-hydrogen) atoms. The standard InChI is InChI=1S/C32H45N3O6S/c1-20(2)27(35(5)31(38)24-14-10-11-15-24)18-28(41-22(4)36)30-34-26(19-42-30)29(37)33-25(16-21(3)32(39)40-6)17-23-12-8-7-9-13-23/h7-9,12-13,19-21,24-25,27-28H,10-11,14-18H2,1-6H3,(H,33,37)/t21-,25+,27?,28+/m0/s1. The summed E-state index contributed by atoms with van der Waals surface area (Å²) in [6.07, 6.45) is 4.60. The Balaban J connectivity index is 1.77. The van der Waals surface area contributed by atoms with Gasteiger partial charge in [-0.2, -0.15) is 0 Å². The number of rotatable bonds is 14. The van der Waals surface area contributed by atoms with Crippen molar-refractivity contribution >= 4 is 35.1 Å². The minimum absolute atomic E-state index is 0.0457. The highest BCUT2D eigenvalue weighted by Crippen LogP contribution is 2.33. The fourth-order valence-corrected chi connectivity index (χ4v) is 6.58. The molecule has 1 fully saturated rings. The monoisotopic (exact) mass is 599 g/mol. The number of ether oxygens (including phenoxy) is 2. The van der Waals surface area contributed by atoms with Crippen LogP contribution in [0.25, 0.3) is 0 Å². The van der Waals surface area contributed by atoms with Crippen molar-refractivity contribution in [2.75, 3.05) is 14.2 Å². The molecule has 1 aromatic carbocycles. The molecule has 1 aliphatic carbocycles. The summed E-state index contributed by atoms with van der Waals surface area (Å²) in [6, 6.07) is 9.25. The number of carbonyl (C=O) groups is 4. The summed E-state index contributed by atoms with van der Waals surface area (Å²) in [5.74, 6) is -1.25. The van der Waals surface area contributed by atoms with Crippen LogP contribution in [0.3, 0.4) is 0 Å². The molecule has 1 N–H and O–H groups in total. The van der Waals surface area contributed by atoms with Crippen LogP contribution in [0.1, 0.15) is 93.4 Å². The molecule has 0 radical (unpaired) electrons. The Morgan fingerprint density at radius 2 is 1.74 bits per heavy atom. The molecule has 0 bridgehead atoms. The molecule has 1 heterocycles. The summed E-state index contributed by atoms with van der Waals surface area (Å²) in [5, 5.41) is 5.20. The van der Waals surface area contributed by atoms with Crippen molar-refractivity contribution < 1.29 is 28.7 Å². The lowest BCUT2D eigenvalue weighted by atomic mass is 9.94. The molecule has 1 aromatic heterocycles. The number of benzene rings is 1. The van der Waals surface area contributed by atoms with Gasteiger partial charge in [-0.15, -0.1) is 11.3 Å². The first kappa shape index (κ1) is 33.2. The number of hydrogen-bond donors (Lipinski definition) is 1. The van der Waals surface area contributed by atoms with E-state index in [9.17, 15) is 19.2 Å². The molecule has 230 valence electrons. The third kappa shape index (κ3) is 9.37. The zero-order valence-electron chi connectivity index (χ0n) is 25.6. The highest BCUT2D eigenvalue weighted by molar-refractivity contribution is 7.09. The Kier molecular flexibility index (Phi) is 12.5. The van der Waals surface area contributed by atoms with Crippen molar-refractivity contribution in [3.05, 3.63) is 52.0 Å². The van der Waals surface area contributed by atoms with E-state index in [4.69, 9.17) is 9.47 Å². The highest BCUT2D eigenvalue weighted by atomic mass is 32.1. The zero-order chi connectivity index (χ0) is 30.8. The van der Waals surface area contributed by atoms with E-state index in [1.165, 1.54) is 25.4 Å². The Bertz CT molecular complexity index is 1190. The summed E-state index contributed by atoms with van der Waals surface area (Å²) in [5.41, 5.74) is 1.25. The van der Waals surface area contributed by atoms with Crippen LogP contribution in [-0.4, -0.2) is 59.9 Å². The minimum atomic E-state index is -0.695. The summed E-state index contributed by atoms with van der Waals surface area (Å²) in [4.78, 5) is 57.2.